The molecule has 13 heavy (non-hydrogen) atoms. The highest BCUT2D eigenvalue weighted by atomic mass is 19.3. The van der Waals surface area contributed by atoms with Crippen molar-refractivity contribution in [2.75, 3.05) is 6.61 Å². The van der Waals surface area contributed by atoms with E-state index >= 15 is 0 Å². The molecule has 1 rings (SSSR count). The van der Waals surface area contributed by atoms with E-state index in [-0.39, 0.29) is 5.75 Å². The lowest BCUT2D eigenvalue weighted by Gasteiger charge is -2.14. The Labute approximate surface area is 72.6 Å². The Balaban J connectivity index is 2.69. The van der Waals surface area contributed by atoms with E-state index in [1.54, 1.807) is 0 Å². The van der Waals surface area contributed by atoms with E-state index in [0.29, 0.717) is 0 Å². The van der Waals surface area contributed by atoms with Crippen LogP contribution in [0.15, 0.2) is 24.3 Å². The molecule has 0 radical (unpaired) electrons. The molecule has 0 heterocycles. The van der Waals surface area contributed by atoms with Gasteiger partial charge >= 0.3 is 6.11 Å². The average molecular weight is 192 g/mol. The third-order valence-corrected chi connectivity index (χ3v) is 1.26. The number of hydrogen-bond acceptors (Lipinski definition) is 2. The van der Waals surface area contributed by atoms with Crippen LogP contribution in [0.3, 0.4) is 0 Å². The van der Waals surface area contributed by atoms with Crippen LogP contribution in [0.4, 0.5) is 13.2 Å². The SMILES string of the molecule is OCC(F)(F)Oc1ccc(F)cc1. The molecule has 72 valence electrons. The molecule has 1 aromatic carbocycles. The fourth-order valence-electron chi connectivity index (χ4n) is 0.707. The van der Waals surface area contributed by atoms with Crippen molar-refractivity contribution >= 4 is 0 Å². The van der Waals surface area contributed by atoms with Gasteiger partial charge in [-0.15, -0.1) is 0 Å². The summed E-state index contributed by atoms with van der Waals surface area (Å²) in [6, 6.07) is 4.09. The quantitative estimate of drug-likeness (QED) is 0.791. The zero-order chi connectivity index (χ0) is 9.90. The largest absolute Gasteiger partial charge is 0.431 e. The van der Waals surface area contributed by atoms with Crippen LogP contribution in [0.1, 0.15) is 0 Å². The summed E-state index contributed by atoms with van der Waals surface area (Å²) in [6.45, 7) is -1.41. The van der Waals surface area contributed by atoms with Crippen molar-refractivity contribution in [3.8, 4) is 5.75 Å². The van der Waals surface area contributed by atoms with Gasteiger partial charge in [0, 0.05) is 0 Å². The van der Waals surface area contributed by atoms with Crippen LogP contribution in [-0.2, 0) is 0 Å². The number of alkyl halides is 2. The highest BCUT2D eigenvalue weighted by molar-refractivity contribution is 5.22. The topological polar surface area (TPSA) is 29.5 Å². The van der Waals surface area contributed by atoms with Gasteiger partial charge in [0.15, 0.2) is 0 Å². The number of aliphatic hydroxyl groups is 1. The van der Waals surface area contributed by atoms with Gasteiger partial charge in [0.2, 0.25) is 0 Å². The molecular weight excluding hydrogens is 185 g/mol. The zero-order valence-corrected chi connectivity index (χ0v) is 6.51. The predicted octanol–water partition coefficient (Wildman–Crippen LogP) is 1.79. The van der Waals surface area contributed by atoms with Crippen LogP contribution in [0.2, 0.25) is 0 Å². The maximum absolute atomic E-state index is 12.4. The van der Waals surface area contributed by atoms with Crippen molar-refractivity contribution in [2.24, 2.45) is 0 Å². The molecule has 0 spiro atoms. The molecule has 0 aliphatic rings. The van der Waals surface area contributed by atoms with E-state index in [2.05, 4.69) is 4.74 Å². The zero-order valence-electron chi connectivity index (χ0n) is 6.51. The first-order chi connectivity index (χ1) is 6.03. The second-order valence-electron chi connectivity index (χ2n) is 2.35. The molecule has 5 heteroatoms. The third kappa shape index (κ3) is 2.95. The van der Waals surface area contributed by atoms with Crippen LogP contribution in [0.5, 0.6) is 5.75 Å². The third-order valence-electron chi connectivity index (χ3n) is 1.26. The average Bonchev–Trinajstić information content (AvgIpc) is 2.09. The Kier molecular flexibility index (Phi) is 2.77. The predicted molar refractivity (Wildman–Crippen MR) is 39.1 cm³/mol. The van der Waals surface area contributed by atoms with Gasteiger partial charge in [0.05, 0.1) is 0 Å². The van der Waals surface area contributed by atoms with Crippen molar-refractivity contribution in [1.29, 1.82) is 0 Å². The number of ether oxygens (including phenoxy) is 1. The van der Waals surface area contributed by atoms with Crippen LogP contribution in [0, 0.1) is 5.82 Å². The first-order valence-electron chi connectivity index (χ1n) is 3.47. The van der Waals surface area contributed by atoms with Gasteiger partial charge in [-0.2, -0.15) is 8.78 Å². The maximum Gasteiger partial charge on any atom is 0.421 e. The molecule has 0 fully saturated rings. The Hall–Kier alpha value is -1.23. The fourth-order valence-corrected chi connectivity index (χ4v) is 0.707. The molecule has 0 aliphatic carbocycles. The number of benzene rings is 1. The summed E-state index contributed by atoms with van der Waals surface area (Å²) in [5, 5.41) is 8.16. The number of aliphatic hydroxyl groups excluding tert-OH is 1. The second-order valence-corrected chi connectivity index (χ2v) is 2.35. The summed E-state index contributed by atoms with van der Waals surface area (Å²) >= 11 is 0. The van der Waals surface area contributed by atoms with Crippen molar-refractivity contribution in [3.05, 3.63) is 30.1 Å². The Bertz CT molecular complexity index is 271. The van der Waals surface area contributed by atoms with Gasteiger partial charge in [-0.25, -0.2) is 4.39 Å². The second kappa shape index (κ2) is 3.66. The normalized spacial score (nSPS) is 11.4. The summed E-state index contributed by atoms with van der Waals surface area (Å²) in [5.41, 5.74) is 0. The van der Waals surface area contributed by atoms with E-state index in [9.17, 15) is 13.2 Å². The lowest BCUT2D eigenvalue weighted by molar-refractivity contribution is -0.200. The number of halogens is 3. The van der Waals surface area contributed by atoms with Crippen LogP contribution in [-0.4, -0.2) is 17.8 Å². The van der Waals surface area contributed by atoms with Gasteiger partial charge in [-0.05, 0) is 24.3 Å². The van der Waals surface area contributed by atoms with Gasteiger partial charge in [0.25, 0.3) is 0 Å². The molecule has 0 atom stereocenters. The van der Waals surface area contributed by atoms with E-state index in [1.807, 2.05) is 0 Å². The minimum Gasteiger partial charge on any atom is -0.431 e. The van der Waals surface area contributed by atoms with Crippen molar-refractivity contribution in [2.45, 2.75) is 6.11 Å². The standard InChI is InChI=1S/C8H7F3O2/c9-6-1-3-7(4-2-6)13-8(10,11)5-12/h1-4,12H,5H2. The number of hydrogen-bond donors (Lipinski definition) is 1. The van der Waals surface area contributed by atoms with Gasteiger partial charge in [-0.3, -0.25) is 0 Å². The summed E-state index contributed by atoms with van der Waals surface area (Å²) in [4.78, 5) is 0. The smallest absolute Gasteiger partial charge is 0.421 e. The van der Waals surface area contributed by atoms with Gasteiger partial charge in [-0.1, -0.05) is 0 Å². The highest BCUT2D eigenvalue weighted by Gasteiger charge is 2.30. The van der Waals surface area contributed by atoms with Crippen LogP contribution >= 0.6 is 0 Å². The van der Waals surface area contributed by atoms with Crippen molar-refractivity contribution < 1.29 is 23.0 Å². The Morgan fingerprint density at radius 2 is 1.77 bits per heavy atom. The molecule has 1 aromatic rings. The summed E-state index contributed by atoms with van der Waals surface area (Å²) < 4.78 is 41.1. The monoisotopic (exact) mass is 192 g/mol. The van der Waals surface area contributed by atoms with E-state index < -0.39 is 18.5 Å². The molecule has 0 unspecified atom stereocenters. The minimum atomic E-state index is -3.63. The van der Waals surface area contributed by atoms with Crippen molar-refractivity contribution in [1.82, 2.24) is 0 Å². The fraction of sp³-hybridized carbons (Fsp3) is 0.250. The van der Waals surface area contributed by atoms with Crippen LogP contribution in [0.25, 0.3) is 0 Å². The summed E-state index contributed by atoms with van der Waals surface area (Å²) in [5.74, 6) is -0.736. The summed E-state index contributed by atoms with van der Waals surface area (Å²) in [6.07, 6.45) is -3.63. The minimum absolute atomic E-state index is 0.194. The van der Waals surface area contributed by atoms with Crippen molar-refractivity contribution in [3.63, 3.8) is 0 Å². The maximum atomic E-state index is 12.4. The Morgan fingerprint density at radius 3 is 2.23 bits per heavy atom. The molecule has 1 N–H and O–H groups in total. The first kappa shape index (κ1) is 9.85. The lowest BCUT2D eigenvalue weighted by Crippen LogP contribution is -2.28. The van der Waals surface area contributed by atoms with E-state index in [4.69, 9.17) is 5.11 Å². The number of rotatable bonds is 3. The highest BCUT2D eigenvalue weighted by Crippen LogP contribution is 2.20. The molecule has 0 bridgehead atoms. The van der Waals surface area contributed by atoms with E-state index in [0.717, 1.165) is 24.3 Å². The van der Waals surface area contributed by atoms with E-state index in [1.165, 1.54) is 0 Å². The first-order valence-corrected chi connectivity index (χ1v) is 3.47. The Morgan fingerprint density at radius 1 is 1.23 bits per heavy atom. The molecule has 0 aromatic heterocycles. The molecular formula is C8H7F3O2. The lowest BCUT2D eigenvalue weighted by atomic mass is 10.3. The summed E-state index contributed by atoms with van der Waals surface area (Å²) in [7, 11) is 0. The van der Waals surface area contributed by atoms with Gasteiger partial charge < -0.3 is 9.84 Å². The molecule has 0 aliphatic heterocycles. The van der Waals surface area contributed by atoms with Gasteiger partial charge in [0.1, 0.15) is 18.2 Å². The van der Waals surface area contributed by atoms with Crippen LogP contribution < -0.4 is 4.74 Å². The molecule has 0 amide bonds. The molecule has 0 saturated heterocycles. The molecule has 2 nitrogen and oxygen atoms in total. The molecule has 0 saturated carbocycles.